The highest BCUT2D eigenvalue weighted by molar-refractivity contribution is 5.81. The maximum atomic E-state index is 12.9. The summed E-state index contributed by atoms with van der Waals surface area (Å²) in [5.41, 5.74) is 6.77. The molecule has 3 aromatic carbocycles. The van der Waals surface area contributed by atoms with Crippen LogP contribution in [0.1, 0.15) is 23.6 Å². The van der Waals surface area contributed by atoms with E-state index in [0.29, 0.717) is 30.4 Å². The molecule has 0 fully saturated rings. The first-order chi connectivity index (χ1) is 13.7. The van der Waals surface area contributed by atoms with Gasteiger partial charge in [0.15, 0.2) is 11.5 Å². The minimum Gasteiger partial charge on any atom is -0.490 e. The van der Waals surface area contributed by atoms with Crippen LogP contribution in [0.2, 0.25) is 0 Å². The van der Waals surface area contributed by atoms with Crippen LogP contribution in [0.25, 0.3) is 0 Å². The number of aryl methyl sites for hydroxylation is 1. The van der Waals surface area contributed by atoms with Gasteiger partial charge in [0, 0.05) is 0 Å². The number of ether oxygens (including phenoxy) is 2. The number of nitrogens with zero attached hydrogens (tertiary/aromatic N) is 1. The largest absolute Gasteiger partial charge is 0.490 e. The van der Waals surface area contributed by atoms with Gasteiger partial charge in [0.25, 0.3) is 0 Å². The van der Waals surface area contributed by atoms with Gasteiger partial charge in [-0.2, -0.15) is 5.10 Å². The highest BCUT2D eigenvalue weighted by Gasteiger charge is 2.07. The molecule has 4 nitrogen and oxygen atoms in total. The zero-order valence-corrected chi connectivity index (χ0v) is 16.0. The van der Waals surface area contributed by atoms with Gasteiger partial charge in [-0.05, 0) is 73.0 Å². The lowest BCUT2D eigenvalue weighted by molar-refractivity contribution is 0.269. The normalized spacial score (nSPS) is 10.8. The summed E-state index contributed by atoms with van der Waals surface area (Å²) in [6.45, 7) is 5.01. The molecule has 0 saturated carbocycles. The summed E-state index contributed by atoms with van der Waals surface area (Å²) in [5, 5.41) is 4.18. The van der Waals surface area contributed by atoms with E-state index in [1.807, 2.05) is 37.3 Å². The van der Waals surface area contributed by atoms with Crippen molar-refractivity contribution in [3.8, 4) is 11.5 Å². The fraction of sp³-hybridized carbons (Fsp3) is 0.174. The molecule has 28 heavy (non-hydrogen) atoms. The van der Waals surface area contributed by atoms with Crippen molar-refractivity contribution in [3.05, 3.63) is 89.2 Å². The molecule has 0 aromatic heterocycles. The number of halogens is 1. The molecular weight excluding hydrogens is 355 g/mol. The summed E-state index contributed by atoms with van der Waals surface area (Å²) in [4.78, 5) is 0. The molecule has 1 N–H and O–H groups in total. The first kappa shape index (κ1) is 19.4. The summed E-state index contributed by atoms with van der Waals surface area (Å²) in [7, 11) is 0. The number of hydrogen-bond acceptors (Lipinski definition) is 4. The number of anilines is 1. The lowest BCUT2D eigenvalue weighted by Gasteiger charge is -2.13. The fourth-order valence-electron chi connectivity index (χ4n) is 2.63. The minimum absolute atomic E-state index is 0.280. The van der Waals surface area contributed by atoms with E-state index < -0.39 is 0 Å². The first-order valence-corrected chi connectivity index (χ1v) is 9.14. The molecular formula is C23H23FN2O2. The van der Waals surface area contributed by atoms with Crippen LogP contribution in [-0.2, 0) is 6.61 Å². The Bertz CT molecular complexity index is 940. The molecule has 3 rings (SSSR count). The van der Waals surface area contributed by atoms with Crippen molar-refractivity contribution < 1.29 is 13.9 Å². The van der Waals surface area contributed by atoms with Gasteiger partial charge in [-0.15, -0.1) is 0 Å². The van der Waals surface area contributed by atoms with Crippen molar-refractivity contribution in [1.29, 1.82) is 0 Å². The van der Waals surface area contributed by atoms with Crippen molar-refractivity contribution in [2.45, 2.75) is 20.5 Å². The van der Waals surface area contributed by atoms with Gasteiger partial charge >= 0.3 is 0 Å². The van der Waals surface area contributed by atoms with E-state index in [-0.39, 0.29) is 5.82 Å². The molecule has 0 aliphatic heterocycles. The van der Waals surface area contributed by atoms with Crippen LogP contribution in [0, 0.1) is 12.7 Å². The Hall–Kier alpha value is -3.34. The second-order valence-corrected chi connectivity index (χ2v) is 6.23. The average Bonchev–Trinajstić information content (AvgIpc) is 2.70. The van der Waals surface area contributed by atoms with Crippen LogP contribution < -0.4 is 14.9 Å². The molecule has 3 aromatic rings. The topological polar surface area (TPSA) is 42.8 Å². The summed E-state index contributed by atoms with van der Waals surface area (Å²) in [6.07, 6.45) is 1.68. The number of rotatable bonds is 8. The van der Waals surface area contributed by atoms with E-state index in [2.05, 4.69) is 29.6 Å². The maximum absolute atomic E-state index is 12.9. The van der Waals surface area contributed by atoms with E-state index in [1.165, 1.54) is 17.7 Å². The molecule has 0 heterocycles. The van der Waals surface area contributed by atoms with Gasteiger partial charge in [0.05, 0.1) is 18.5 Å². The van der Waals surface area contributed by atoms with E-state index in [4.69, 9.17) is 9.47 Å². The van der Waals surface area contributed by atoms with Gasteiger partial charge in [-0.1, -0.05) is 24.3 Å². The van der Waals surface area contributed by atoms with Crippen LogP contribution in [-0.4, -0.2) is 12.8 Å². The van der Waals surface area contributed by atoms with Gasteiger partial charge < -0.3 is 9.47 Å². The Labute approximate surface area is 164 Å². The average molecular weight is 378 g/mol. The summed E-state index contributed by atoms with van der Waals surface area (Å²) < 4.78 is 24.6. The zero-order chi connectivity index (χ0) is 19.8. The van der Waals surface area contributed by atoms with Gasteiger partial charge in [0.1, 0.15) is 12.4 Å². The smallest absolute Gasteiger partial charge is 0.161 e. The van der Waals surface area contributed by atoms with Crippen LogP contribution in [0.3, 0.4) is 0 Å². The third-order valence-corrected chi connectivity index (χ3v) is 4.16. The Morgan fingerprint density at radius 1 is 0.964 bits per heavy atom. The lowest BCUT2D eigenvalue weighted by atomic mass is 10.1. The Morgan fingerprint density at radius 3 is 2.50 bits per heavy atom. The van der Waals surface area contributed by atoms with E-state index in [9.17, 15) is 4.39 Å². The Morgan fingerprint density at radius 2 is 1.75 bits per heavy atom. The second-order valence-electron chi connectivity index (χ2n) is 6.23. The maximum Gasteiger partial charge on any atom is 0.161 e. The minimum atomic E-state index is -0.280. The highest BCUT2D eigenvalue weighted by Crippen LogP contribution is 2.29. The number of hydrogen-bond donors (Lipinski definition) is 1. The third-order valence-electron chi connectivity index (χ3n) is 4.16. The molecule has 5 heteroatoms. The monoisotopic (exact) mass is 378 g/mol. The van der Waals surface area contributed by atoms with Crippen molar-refractivity contribution >= 4 is 11.9 Å². The molecule has 144 valence electrons. The van der Waals surface area contributed by atoms with E-state index in [0.717, 1.165) is 11.1 Å². The van der Waals surface area contributed by atoms with Gasteiger partial charge in [0.2, 0.25) is 0 Å². The van der Waals surface area contributed by atoms with Crippen LogP contribution in [0.5, 0.6) is 11.5 Å². The molecule has 0 aliphatic carbocycles. The molecule has 0 radical (unpaired) electrons. The predicted molar refractivity (Wildman–Crippen MR) is 111 cm³/mol. The van der Waals surface area contributed by atoms with E-state index >= 15 is 0 Å². The molecule has 0 spiro atoms. The van der Waals surface area contributed by atoms with Crippen LogP contribution >= 0.6 is 0 Å². The first-order valence-electron chi connectivity index (χ1n) is 9.14. The van der Waals surface area contributed by atoms with Crippen LogP contribution in [0.15, 0.2) is 71.8 Å². The third kappa shape index (κ3) is 5.33. The van der Waals surface area contributed by atoms with Crippen molar-refractivity contribution in [3.63, 3.8) is 0 Å². The molecule has 0 amide bonds. The number of benzene rings is 3. The van der Waals surface area contributed by atoms with Crippen LogP contribution in [0.4, 0.5) is 10.1 Å². The summed E-state index contributed by atoms with van der Waals surface area (Å²) >= 11 is 0. The molecule has 0 saturated heterocycles. The molecule has 0 aliphatic rings. The van der Waals surface area contributed by atoms with Crippen molar-refractivity contribution in [2.24, 2.45) is 5.10 Å². The second kappa shape index (κ2) is 9.55. The number of nitrogens with one attached hydrogen (secondary N) is 1. The predicted octanol–water partition coefficient (Wildman–Crippen LogP) is 5.56. The Kier molecular flexibility index (Phi) is 6.63. The highest BCUT2D eigenvalue weighted by atomic mass is 19.1. The fourth-order valence-corrected chi connectivity index (χ4v) is 2.63. The van der Waals surface area contributed by atoms with E-state index in [1.54, 1.807) is 18.3 Å². The summed E-state index contributed by atoms with van der Waals surface area (Å²) in [5.74, 6) is 1.08. The molecule has 0 bridgehead atoms. The van der Waals surface area contributed by atoms with Gasteiger partial charge in [-0.25, -0.2) is 4.39 Å². The number of hydrazone groups is 1. The lowest BCUT2D eigenvalue weighted by Crippen LogP contribution is -2.01. The zero-order valence-electron chi connectivity index (χ0n) is 16.0. The quantitative estimate of drug-likeness (QED) is 0.412. The van der Waals surface area contributed by atoms with Gasteiger partial charge in [-0.3, -0.25) is 5.43 Å². The van der Waals surface area contributed by atoms with Crippen molar-refractivity contribution in [1.82, 2.24) is 0 Å². The molecule has 0 atom stereocenters. The Balaban J connectivity index is 1.68. The summed E-state index contributed by atoms with van der Waals surface area (Å²) in [6, 6.07) is 19.8. The van der Waals surface area contributed by atoms with Crippen molar-refractivity contribution in [2.75, 3.05) is 12.0 Å². The SMILES string of the molecule is CCOc1cc(C=NNc2ccc(F)cc2)ccc1OCc1ccccc1C. The standard InChI is InChI=1S/C23H23FN2O2/c1-3-27-23-14-18(15-25-26-21-11-9-20(24)10-12-21)8-13-22(23)28-16-19-7-5-4-6-17(19)2/h4-15,26H,3,16H2,1-2H3. The molecule has 0 unspecified atom stereocenters.